The van der Waals surface area contributed by atoms with Crippen LogP contribution in [0.2, 0.25) is 0 Å². The molecule has 0 atom stereocenters. The highest BCUT2D eigenvalue weighted by atomic mass is 79.9. The minimum atomic E-state index is -0.0795. The predicted molar refractivity (Wildman–Crippen MR) is 146 cm³/mol. The Morgan fingerprint density at radius 2 is 1.68 bits per heavy atom. The van der Waals surface area contributed by atoms with E-state index in [1.54, 1.807) is 4.90 Å². The average molecular weight is 555 g/mol. The molecular formula is C27H24BrNO3S2. The Balaban J connectivity index is 1.49. The van der Waals surface area contributed by atoms with Gasteiger partial charge in [0.15, 0.2) is 11.5 Å². The molecule has 3 aromatic carbocycles. The van der Waals surface area contributed by atoms with Gasteiger partial charge in [0.1, 0.15) is 10.9 Å². The van der Waals surface area contributed by atoms with Crippen LogP contribution in [0.5, 0.6) is 11.5 Å². The fraction of sp³-hybridized carbons (Fsp3) is 0.185. The molecule has 0 N–H and O–H groups in total. The van der Waals surface area contributed by atoms with Crippen LogP contribution in [-0.2, 0) is 17.9 Å². The van der Waals surface area contributed by atoms with Gasteiger partial charge in [0.05, 0.1) is 18.1 Å². The number of hydrogen-bond acceptors (Lipinski definition) is 5. The Bertz CT molecular complexity index is 1220. The number of benzene rings is 3. The summed E-state index contributed by atoms with van der Waals surface area (Å²) in [6.45, 7) is 5.39. The number of halogens is 1. The lowest BCUT2D eigenvalue weighted by molar-refractivity contribution is -0.122. The molecule has 0 radical (unpaired) electrons. The number of aryl methyl sites for hydroxylation is 1. The predicted octanol–water partition coefficient (Wildman–Crippen LogP) is 7.14. The van der Waals surface area contributed by atoms with E-state index in [2.05, 4.69) is 15.9 Å². The molecule has 1 aliphatic rings. The van der Waals surface area contributed by atoms with Gasteiger partial charge < -0.3 is 9.47 Å². The van der Waals surface area contributed by atoms with Crippen molar-refractivity contribution in [2.24, 2.45) is 0 Å². The number of thiocarbonyl (C=S) groups is 1. The van der Waals surface area contributed by atoms with Crippen LogP contribution in [0.4, 0.5) is 0 Å². The first-order valence-corrected chi connectivity index (χ1v) is 12.9. The molecule has 0 aliphatic carbocycles. The molecular weight excluding hydrogens is 530 g/mol. The van der Waals surface area contributed by atoms with Crippen LogP contribution >= 0.6 is 39.9 Å². The monoisotopic (exact) mass is 553 g/mol. The summed E-state index contributed by atoms with van der Waals surface area (Å²) in [5, 5.41) is 0. The molecule has 7 heteroatoms. The van der Waals surface area contributed by atoms with Crippen LogP contribution in [0.25, 0.3) is 6.08 Å². The van der Waals surface area contributed by atoms with E-state index in [0.717, 1.165) is 21.2 Å². The molecule has 34 heavy (non-hydrogen) atoms. The first kappa shape index (κ1) is 24.5. The summed E-state index contributed by atoms with van der Waals surface area (Å²) in [6.07, 6.45) is 1.86. The van der Waals surface area contributed by atoms with Crippen molar-refractivity contribution in [3.05, 3.63) is 98.4 Å². The van der Waals surface area contributed by atoms with Gasteiger partial charge in [0.2, 0.25) is 0 Å². The molecule has 1 saturated heterocycles. The third kappa shape index (κ3) is 6.09. The normalized spacial score (nSPS) is 14.7. The van der Waals surface area contributed by atoms with Crippen molar-refractivity contribution in [3.63, 3.8) is 0 Å². The second kappa shape index (κ2) is 11.2. The number of carbonyl (C=O) groups excluding carboxylic acids is 1. The van der Waals surface area contributed by atoms with E-state index < -0.39 is 0 Å². The SMILES string of the molecule is CCOc1cc(/C=C2\SC(=S)N(Cc3ccc(C)cc3)C2=O)ccc1OCc1ccc(Br)cc1. The second-order valence-corrected chi connectivity index (χ2v) is 10.4. The van der Waals surface area contributed by atoms with Crippen LogP contribution in [0.1, 0.15) is 29.2 Å². The van der Waals surface area contributed by atoms with E-state index >= 15 is 0 Å². The van der Waals surface area contributed by atoms with Crippen molar-refractivity contribution in [2.45, 2.75) is 27.0 Å². The summed E-state index contributed by atoms with van der Waals surface area (Å²) in [5.41, 5.74) is 4.15. The smallest absolute Gasteiger partial charge is 0.266 e. The fourth-order valence-electron chi connectivity index (χ4n) is 3.41. The molecule has 0 aromatic heterocycles. The number of amides is 1. The number of rotatable bonds is 8. The van der Waals surface area contributed by atoms with Gasteiger partial charge in [-0.05, 0) is 60.9 Å². The fourth-order valence-corrected chi connectivity index (χ4v) is 4.93. The number of nitrogens with zero attached hydrogens (tertiary/aromatic N) is 1. The Labute approximate surface area is 218 Å². The van der Waals surface area contributed by atoms with Gasteiger partial charge in [-0.15, -0.1) is 0 Å². The molecule has 0 saturated carbocycles. The second-order valence-electron chi connectivity index (χ2n) is 7.81. The van der Waals surface area contributed by atoms with Crippen LogP contribution < -0.4 is 9.47 Å². The molecule has 1 aliphatic heterocycles. The topological polar surface area (TPSA) is 38.8 Å². The summed E-state index contributed by atoms with van der Waals surface area (Å²) in [7, 11) is 0. The van der Waals surface area contributed by atoms with Gasteiger partial charge in [-0.25, -0.2) is 0 Å². The number of carbonyl (C=O) groups is 1. The van der Waals surface area contributed by atoms with Crippen molar-refractivity contribution in [2.75, 3.05) is 6.61 Å². The largest absolute Gasteiger partial charge is 0.490 e. The molecule has 0 unspecified atom stereocenters. The first-order chi connectivity index (χ1) is 16.4. The molecule has 1 heterocycles. The lowest BCUT2D eigenvalue weighted by Gasteiger charge is -2.14. The maximum atomic E-state index is 13.0. The van der Waals surface area contributed by atoms with Crippen molar-refractivity contribution in [3.8, 4) is 11.5 Å². The summed E-state index contributed by atoms with van der Waals surface area (Å²) in [6, 6.07) is 21.8. The van der Waals surface area contributed by atoms with Gasteiger partial charge in [-0.1, -0.05) is 87.9 Å². The molecule has 1 fully saturated rings. The molecule has 4 rings (SSSR count). The van der Waals surface area contributed by atoms with E-state index in [1.165, 1.54) is 17.3 Å². The summed E-state index contributed by atoms with van der Waals surface area (Å²) in [4.78, 5) is 15.3. The summed E-state index contributed by atoms with van der Waals surface area (Å²) >= 11 is 10.3. The molecule has 0 bridgehead atoms. The average Bonchev–Trinajstić information content (AvgIpc) is 3.08. The van der Waals surface area contributed by atoms with E-state index in [0.29, 0.717) is 40.5 Å². The summed E-state index contributed by atoms with van der Waals surface area (Å²) < 4.78 is 13.4. The van der Waals surface area contributed by atoms with E-state index in [4.69, 9.17) is 21.7 Å². The minimum absolute atomic E-state index is 0.0795. The lowest BCUT2D eigenvalue weighted by Crippen LogP contribution is -2.27. The quantitative estimate of drug-likeness (QED) is 0.219. The van der Waals surface area contributed by atoms with Gasteiger partial charge >= 0.3 is 0 Å². The van der Waals surface area contributed by atoms with Crippen LogP contribution in [0.15, 0.2) is 76.1 Å². The standard InChI is InChI=1S/C27H24BrNO3S2/c1-3-31-24-14-21(10-13-23(24)32-17-20-8-11-22(28)12-9-20)15-25-26(30)29(27(33)34-25)16-19-6-4-18(2)5-7-19/h4-15H,3,16-17H2,1-2H3/b25-15-. The third-order valence-corrected chi connectivity index (χ3v) is 7.11. The zero-order chi connectivity index (χ0) is 24.1. The molecule has 1 amide bonds. The van der Waals surface area contributed by atoms with E-state index in [9.17, 15) is 4.79 Å². The maximum absolute atomic E-state index is 13.0. The molecule has 0 spiro atoms. The van der Waals surface area contributed by atoms with Crippen LogP contribution in [0, 0.1) is 6.92 Å². The van der Waals surface area contributed by atoms with E-state index in [1.807, 2.05) is 86.7 Å². The Kier molecular flexibility index (Phi) is 8.08. The Morgan fingerprint density at radius 1 is 0.971 bits per heavy atom. The molecule has 4 nitrogen and oxygen atoms in total. The number of thioether (sulfide) groups is 1. The van der Waals surface area contributed by atoms with Crippen molar-refractivity contribution in [1.29, 1.82) is 0 Å². The first-order valence-electron chi connectivity index (χ1n) is 10.9. The number of hydrogen-bond donors (Lipinski definition) is 0. The van der Waals surface area contributed by atoms with Crippen molar-refractivity contribution in [1.82, 2.24) is 4.90 Å². The summed E-state index contributed by atoms with van der Waals surface area (Å²) in [5.74, 6) is 1.22. The molecule has 174 valence electrons. The highest BCUT2D eigenvalue weighted by Crippen LogP contribution is 2.36. The van der Waals surface area contributed by atoms with Crippen LogP contribution in [0.3, 0.4) is 0 Å². The maximum Gasteiger partial charge on any atom is 0.266 e. The minimum Gasteiger partial charge on any atom is -0.490 e. The zero-order valence-corrected chi connectivity index (χ0v) is 22.1. The van der Waals surface area contributed by atoms with Gasteiger partial charge in [0, 0.05) is 4.47 Å². The number of ether oxygens (including phenoxy) is 2. The molecule has 3 aromatic rings. The van der Waals surface area contributed by atoms with Gasteiger partial charge in [0.25, 0.3) is 5.91 Å². The van der Waals surface area contributed by atoms with Crippen molar-refractivity contribution < 1.29 is 14.3 Å². The van der Waals surface area contributed by atoms with E-state index in [-0.39, 0.29) is 5.91 Å². The van der Waals surface area contributed by atoms with Crippen LogP contribution in [-0.4, -0.2) is 21.7 Å². The highest BCUT2D eigenvalue weighted by Gasteiger charge is 2.32. The third-order valence-electron chi connectivity index (χ3n) is 5.21. The van der Waals surface area contributed by atoms with Gasteiger partial charge in [-0.2, -0.15) is 0 Å². The Morgan fingerprint density at radius 3 is 2.38 bits per heavy atom. The van der Waals surface area contributed by atoms with Crippen molar-refractivity contribution >= 4 is 56.2 Å². The lowest BCUT2D eigenvalue weighted by atomic mass is 10.1. The zero-order valence-electron chi connectivity index (χ0n) is 18.9. The Hall–Kier alpha value is -2.61. The van der Waals surface area contributed by atoms with Gasteiger partial charge in [-0.3, -0.25) is 9.69 Å². The highest BCUT2D eigenvalue weighted by molar-refractivity contribution is 9.10.